The molecule has 0 radical (unpaired) electrons. The molecule has 1 atom stereocenters. The molecule has 94 valence electrons. The van der Waals surface area contributed by atoms with Crippen LogP contribution in [0.1, 0.15) is 22.7 Å². The van der Waals surface area contributed by atoms with Crippen molar-refractivity contribution in [3.05, 3.63) is 68.7 Å². The van der Waals surface area contributed by atoms with E-state index >= 15 is 0 Å². The second-order valence-electron chi connectivity index (χ2n) is 4.46. The fourth-order valence-corrected chi connectivity index (χ4v) is 2.52. The molecule has 0 saturated heterocycles. The van der Waals surface area contributed by atoms with Gasteiger partial charge in [0.15, 0.2) is 0 Å². The smallest absolute Gasteiger partial charge is 0.0454 e. The Morgan fingerprint density at radius 1 is 1.17 bits per heavy atom. The van der Waals surface area contributed by atoms with Crippen LogP contribution in [0.2, 0.25) is 5.02 Å². The summed E-state index contributed by atoms with van der Waals surface area (Å²) in [6, 6.07) is 14.1. The normalized spacial score (nSPS) is 12.4. The van der Waals surface area contributed by atoms with Crippen LogP contribution < -0.4 is 5.73 Å². The number of halogens is 2. The molecule has 2 aromatic carbocycles. The average molecular weight is 325 g/mol. The van der Waals surface area contributed by atoms with E-state index in [4.69, 9.17) is 17.3 Å². The number of nitrogens with two attached hydrogens (primary N) is 1. The van der Waals surface area contributed by atoms with Gasteiger partial charge < -0.3 is 5.73 Å². The van der Waals surface area contributed by atoms with Gasteiger partial charge in [-0.2, -0.15) is 0 Å². The van der Waals surface area contributed by atoms with E-state index in [-0.39, 0.29) is 6.04 Å². The molecule has 0 aromatic heterocycles. The molecule has 2 aromatic rings. The molecule has 0 bridgehead atoms. The Bertz CT molecular complexity index is 537. The van der Waals surface area contributed by atoms with Crippen molar-refractivity contribution in [2.75, 3.05) is 0 Å². The van der Waals surface area contributed by atoms with Gasteiger partial charge in [-0.3, -0.25) is 0 Å². The van der Waals surface area contributed by atoms with Gasteiger partial charge in [-0.1, -0.05) is 57.4 Å². The number of hydrogen-bond acceptors (Lipinski definition) is 1. The highest BCUT2D eigenvalue weighted by Gasteiger charge is 2.11. The predicted octanol–water partition coefficient (Wildman–Crippen LogP) is 4.65. The third-order valence-electron chi connectivity index (χ3n) is 2.93. The molecule has 18 heavy (non-hydrogen) atoms. The highest BCUT2D eigenvalue weighted by atomic mass is 79.9. The summed E-state index contributed by atoms with van der Waals surface area (Å²) < 4.78 is 1.00. The van der Waals surface area contributed by atoms with Gasteiger partial charge in [-0.15, -0.1) is 0 Å². The lowest BCUT2D eigenvalue weighted by Crippen LogP contribution is -2.13. The molecule has 0 heterocycles. The lowest BCUT2D eigenvalue weighted by Gasteiger charge is -2.14. The highest BCUT2D eigenvalue weighted by Crippen LogP contribution is 2.27. The van der Waals surface area contributed by atoms with Crippen LogP contribution in [0.25, 0.3) is 0 Å². The maximum Gasteiger partial charge on any atom is 0.0454 e. The SMILES string of the molecule is Cc1ccc(CC(N)c2cc(Br)ccc2Cl)cc1. The van der Waals surface area contributed by atoms with Gasteiger partial charge in [0.2, 0.25) is 0 Å². The Morgan fingerprint density at radius 3 is 2.50 bits per heavy atom. The lowest BCUT2D eigenvalue weighted by molar-refractivity contribution is 0.721. The van der Waals surface area contributed by atoms with Gasteiger partial charge in [0, 0.05) is 15.5 Å². The second-order valence-corrected chi connectivity index (χ2v) is 5.78. The third-order valence-corrected chi connectivity index (χ3v) is 3.77. The molecular weight excluding hydrogens is 310 g/mol. The van der Waals surface area contributed by atoms with Crippen LogP contribution in [0.4, 0.5) is 0 Å². The van der Waals surface area contributed by atoms with E-state index in [0.29, 0.717) is 0 Å². The van der Waals surface area contributed by atoms with Crippen LogP contribution >= 0.6 is 27.5 Å². The molecule has 2 rings (SSSR count). The number of hydrogen-bond donors (Lipinski definition) is 1. The molecule has 0 spiro atoms. The van der Waals surface area contributed by atoms with Gasteiger partial charge in [-0.25, -0.2) is 0 Å². The van der Waals surface area contributed by atoms with Crippen LogP contribution in [0.15, 0.2) is 46.9 Å². The monoisotopic (exact) mass is 323 g/mol. The molecular formula is C15H15BrClN. The standard InChI is InChI=1S/C15H15BrClN/c1-10-2-4-11(5-3-10)8-15(18)13-9-12(16)6-7-14(13)17/h2-7,9,15H,8,18H2,1H3. The molecule has 0 fully saturated rings. The minimum atomic E-state index is -0.0855. The van der Waals surface area contributed by atoms with Gasteiger partial charge in [0.1, 0.15) is 0 Å². The van der Waals surface area contributed by atoms with E-state index in [9.17, 15) is 0 Å². The number of rotatable bonds is 3. The van der Waals surface area contributed by atoms with E-state index in [0.717, 1.165) is 21.5 Å². The predicted molar refractivity (Wildman–Crippen MR) is 81.0 cm³/mol. The third kappa shape index (κ3) is 3.35. The summed E-state index contributed by atoms with van der Waals surface area (Å²) in [7, 11) is 0. The molecule has 0 aliphatic heterocycles. The zero-order valence-electron chi connectivity index (χ0n) is 10.2. The summed E-state index contributed by atoms with van der Waals surface area (Å²) in [6.45, 7) is 2.08. The van der Waals surface area contributed by atoms with Crippen LogP contribution in [-0.2, 0) is 6.42 Å². The maximum atomic E-state index is 6.23. The zero-order chi connectivity index (χ0) is 13.1. The Kier molecular flexibility index (Phi) is 4.44. The molecule has 2 N–H and O–H groups in total. The van der Waals surface area contributed by atoms with Crippen LogP contribution in [-0.4, -0.2) is 0 Å². The number of aryl methyl sites for hydroxylation is 1. The van der Waals surface area contributed by atoms with Gasteiger partial charge in [0.05, 0.1) is 0 Å². The molecule has 0 aliphatic rings. The first-order valence-electron chi connectivity index (χ1n) is 5.82. The zero-order valence-corrected chi connectivity index (χ0v) is 12.5. The highest BCUT2D eigenvalue weighted by molar-refractivity contribution is 9.10. The summed E-state index contributed by atoms with van der Waals surface area (Å²) >= 11 is 9.63. The molecule has 1 nitrogen and oxygen atoms in total. The van der Waals surface area contributed by atoms with Crippen molar-refractivity contribution in [2.45, 2.75) is 19.4 Å². The van der Waals surface area contributed by atoms with Crippen molar-refractivity contribution < 1.29 is 0 Å². The minimum Gasteiger partial charge on any atom is -0.324 e. The fraction of sp³-hybridized carbons (Fsp3) is 0.200. The fourth-order valence-electron chi connectivity index (χ4n) is 1.89. The van der Waals surface area contributed by atoms with E-state index in [1.54, 1.807) is 0 Å². The topological polar surface area (TPSA) is 26.0 Å². The summed E-state index contributed by atoms with van der Waals surface area (Å²) in [4.78, 5) is 0. The summed E-state index contributed by atoms with van der Waals surface area (Å²) in [5.41, 5.74) is 9.69. The van der Waals surface area contributed by atoms with Crippen molar-refractivity contribution in [1.29, 1.82) is 0 Å². The van der Waals surface area contributed by atoms with E-state index in [1.807, 2.05) is 18.2 Å². The molecule has 0 aliphatic carbocycles. The molecule has 0 amide bonds. The molecule has 0 saturated carbocycles. The van der Waals surface area contributed by atoms with E-state index < -0.39 is 0 Å². The molecule has 1 unspecified atom stereocenters. The number of benzene rings is 2. The first-order chi connectivity index (χ1) is 8.56. The lowest BCUT2D eigenvalue weighted by atomic mass is 9.99. The summed E-state index contributed by atoms with van der Waals surface area (Å²) in [6.07, 6.45) is 0.788. The Morgan fingerprint density at radius 2 is 1.83 bits per heavy atom. The van der Waals surface area contributed by atoms with Crippen LogP contribution in [0.3, 0.4) is 0 Å². The van der Waals surface area contributed by atoms with Crippen molar-refractivity contribution in [2.24, 2.45) is 5.73 Å². The van der Waals surface area contributed by atoms with Crippen molar-refractivity contribution in [1.82, 2.24) is 0 Å². The van der Waals surface area contributed by atoms with E-state index in [1.165, 1.54) is 11.1 Å². The van der Waals surface area contributed by atoms with Crippen molar-refractivity contribution in [3.63, 3.8) is 0 Å². The molecule has 3 heteroatoms. The minimum absolute atomic E-state index is 0.0855. The summed E-state index contributed by atoms with van der Waals surface area (Å²) in [5.74, 6) is 0. The summed E-state index contributed by atoms with van der Waals surface area (Å²) in [5, 5.41) is 0.720. The van der Waals surface area contributed by atoms with Gasteiger partial charge in [-0.05, 0) is 42.7 Å². The van der Waals surface area contributed by atoms with Crippen LogP contribution in [0.5, 0.6) is 0 Å². The van der Waals surface area contributed by atoms with Crippen molar-refractivity contribution in [3.8, 4) is 0 Å². The first kappa shape index (κ1) is 13.6. The Labute approximate surface area is 121 Å². The van der Waals surface area contributed by atoms with Gasteiger partial charge in [0.25, 0.3) is 0 Å². The second kappa shape index (κ2) is 5.87. The first-order valence-corrected chi connectivity index (χ1v) is 6.99. The maximum absolute atomic E-state index is 6.23. The van der Waals surface area contributed by atoms with Gasteiger partial charge >= 0.3 is 0 Å². The largest absolute Gasteiger partial charge is 0.324 e. The Balaban J connectivity index is 2.18. The average Bonchev–Trinajstić information content (AvgIpc) is 2.35. The Hall–Kier alpha value is -0.830. The van der Waals surface area contributed by atoms with Crippen LogP contribution in [0, 0.1) is 6.92 Å². The quantitative estimate of drug-likeness (QED) is 0.873. The van der Waals surface area contributed by atoms with Crippen molar-refractivity contribution >= 4 is 27.5 Å². The van der Waals surface area contributed by atoms with E-state index in [2.05, 4.69) is 47.1 Å².